The summed E-state index contributed by atoms with van der Waals surface area (Å²) in [5, 5.41) is 22.7. The van der Waals surface area contributed by atoms with E-state index in [1.807, 2.05) is 6.08 Å². The van der Waals surface area contributed by atoms with E-state index in [0.29, 0.717) is 6.54 Å². The number of aromatic nitrogens is 2. The van der Waals surface area contributed by atoms with Gasteiger partial charge < -0.3 is 10.2 Å². The summed E-state index contributed by atoms with van der Waals surface area (Å²) in [6.45, 7) is 9.62. The highest BCUT2D eigenvalue weighted by Crippen LogP contribution is 2.48. The fraction of sp³-hybridized carbons (Fsp3) is 0.345. The normalized spacial score (nSPS) is 19.0. The van der Waals surface area contributed by atoms with Gasteiger partial charge in [0.2, 0.25) is 0 Å². The highest BCUT2D eigenvalue weighted by Gasteiger charge is 2.39. The van der Waals surface area contributed by atoms with Gasteiger partial charge in [-0.1, -0.05) is 64.1 Å². The average molecular weight is 473 g/mol. The van der Waals surface area contributed by atoms with Crippen LogP contribution in [0.4, 0.5) is 0 Å². The Morgan fingerprint density at radius 3 is 2.26 bits per heavy atom. The molecule has 0 aliphatic heterocycles. The maximum Gasteiger partial charge on any atom is 0.338 e. The molecule has 0 amide bonds. The van der Waals surface area contributed by atoms with Gasteiger partial charge in [-0.15, -0.1) is 0 Å². The van der Waals surface area contributed by atoms with Crippen LogP contribution in [0.1, 0.15) is 95.5 Å². The van der Waals surface area contributed by atoms with Crippen molar-refractivity contribution in [1.29, 1.82) is 0 Å². The predicted molar refractivity (Wildman–Crippen MR) is 137 cm³/mol. The van der Waals surface area contributed by atoms with E-state index in [-0.39, 0.29) is 22.0 Å². The Balaban J connectivity index is 1.80. The summed E-state index contributed by atoms with van der Waals surface area (Å²) < 4.78 is 1.67. The van der Waals surface area contributed by atoms with Crippen molar-refractivity contribution in [2.24, 2.45) is 0 Å². The first kappa shape index (κ1) is 24.5. The van der Waals surface area contributed by atoms with E-state index < -0.39 is 11.9 Å². The molecule has 0 fully saturated rings. The van der Waals surface area contributed by atoms with Gasteiger partial charge in [-0.05, 0) is 70.0 Å². The molecule has 0 saturated carbocycles. The second-order valence-corrected chi connectivity index (χ2v) is 10.4. The fourth-order valence-corrected chi connectivity index (χ4v) is 4.90. The van der Waals surface area contributed by atoms with E-state index >= 15 is 0 Å². The van der Waals surface area contributed by atoms with Gasteiger partial charge in [-0.2, -0.15) is 5.10 Å². The summed E-state index contributed by atoms with van der Waals surface area (Å²) in [6.07, 6.45) is 10.3. The molecule has 35 heavy (non-hydrogen) atoms. The van der Waals surface area contributed by atoms with Gasteiger partial charge in [-0.3, -0.25) is 4.68 Å². The Hall–Kier alpha value is -3.67. The smallest absolute Gasteiger partial charge is 0.338 e. The van der Waals surface area contributed by atoms with Gasteiger partial charge in [0.15, 0.2) is 0 Å². The molecular formula is C29H32N2O4. The van der Waals surface area contributed by atoms with Crippen LogP contribution in [0.25, 0.3) is 12.2 Å². The SMILES string of the molecule is CCC1(C)CCC(C)(C)c2cc(/C=C/c3ccc(C(=O)O)cc3)c(Cn3cc(C(=O)O)cn3)cc21. The number of fused-ring (bicyclic) bond motifs is 1. The number of carboxylic acids is 2. The molecule has 2 aromatic carbocycles. The Morgan fingerprint density at radius 2 is 1.66 bits per heavy atom. The summed E-state index contributed by atoms with van der Waals surface area (Å²) in [6, 6.07) is 11.4. The van der Waals surface area contributed by atoms with Crippen molar-refractivity contribution in [3.8, 4) is 0 Å². The third-order valence-electron chi connectivity index (χ3n) is 7.57. The standard InChI is InChI=1S/C29H32N2O4/c1-5-29(4)13-12-28(2,3)24-14-21(11-8-19-6-9-20(10-7-19)26(32)33)22(15-25(24)29)17-31-18-23(16-30-31)27(34)35/h6-11,14-16,18H,5,12-13,17H2,1-4H3,(H,32,33)(H,34,35)/b11-8+. The number of hydrogen-bond acceptors (Lipinski definition) is 3. The molecule has 2 N–H and O–H groups in total. The first-order valence-electron chi connectivity index (χ1n) is 12.0. The van der Waals surface area contributed by atoms with Crippen molar-refractivity contribution in [3.05, 3.63) is 87.7 Å². The maximum absolute atomic E-state index is 11.3. The van der Waals surface area contributed by atoms with Crippen molar-refractivity contribution in [2.45, 2.75) is 64.3 Å². The van der Waals surface area contributed by atoms with E-state index in [4.69, 9.17) is 5.11 Å². The first-order valence-corrected chi connectivity index (χ1v) is 12.0. The van der Waals surface area contributed by atoms with Crippen LogP contribution >= 0.6 is 0 Å². The Labute approximate surface area is 205 Å². The van der Waals surface area contributed by atoms with Gasteiger partial charge in [-0.25, -0.2) is 9.59 Å². The molecule has 6 heteroatoms. The molecule has 1 heterocycles. The van der Waals surface area contributed by atoms with Gasteiger partial charge >= 0.3 is 11.9 Å². The van der Waals surface area contributed by atoms with Gasteiger partial charge in [0.25, 0.3) is 0 Å². The molecule has 1 aliphatic rings. The lowest BCUT2D eigenvalue weighted by molar-refractivity contribution is 0.0686. The van der Waals surface area contributed by atoms with Crippen LogP contribution in [0.3, 0.4) is 0 Å². The molecular weight excluding hydrogens is 440 g/mol. The lowest BCUT2D eigenvalue weighted by atomic mass is 9.61. The summed E-state index contributed by atoms with van der Waals surface area (Å²) in [4.78, 5) is 22.5. The molecule has 0 radical (unpaired) electrons. The molecule has 1 aromatic heterocycles. The number of aromatic carboxylic acids is 2. The molecule has 1 unspecified atom stereocenters. The largest absolute Gasteiger partial charge is 0.478 e. The molecule has 4 rings (SSSR count). The maximum atomic E-state index is 11.3. The van der Waals surface area contributed by atoms with E-state index in [0.717, 1.165) is 36.0 Å². The minimum absolute atomic E-state index is 0.0520. The second-order valence-electron chi connectivity index (χ2n) is 10.4. The summed E-state index contributed by atoms with van der Waals surface area (Å²) in [7, 11) is 0. The van der Waals surface area contributed by atoms with E-state index in [1.165, 1.54) is 17.3 Å². The number of benzene rings is 2. The minimum atomic E-state index is -0.994. The van der Waals surface area contributed by atoms with Gasteiger partial charge in [0.05, 0.1) is 23.9 Å². The zero-order valence-electron chi connectivity index (χ0n) is 20.7. The quantitative estimate of drug-likeness (QED) is 0.397. The zero-order valence-corrected chi connectivity index (χ0v) is 20.7. The van der Waals surface area contributed by atoms with Crippen LogP contribution in [0.15, 0.2) is 48.8 Å². The summed E-state index contributed by atoms with van der Waals surface area (Å²) in [5.74, 6) is -1.94. The molecule has 6 nitrogen and oxygen atoms in total. The van der Waals surface area contributed by atoms with Crippen molar-refractivity contribution >= 4 is 24.1 Å². The van der Waals surface area contributed by atoms with Crippen LogP contribution in [-0.2, 0) is 17.4 Å². The van der Waals surface area contributed by atoms with Crippen LogP contribution in [0.2, 0.25) is 0 Å². The van der Waals surface area contributed by atoms with Crippen LogP contribution < -0.4 is 0 Å². The van der Waals surface area contributed by atoms with Crippen LogP contribution in [0.5, 0.6) is 0 Å². The predicted octanol–water partition coefficient (Wildman–Crippen LogP) is 6.24. The average Bonchev–Trinajstić information content (AvgIpc) is 3.30. The van der Waals surface area contributed by atoms with Crippen molar-refractivity contribution in [2.75, 3.05) is 0 Å². The number of nitrogens with zero attached hydrogens (tertiary/aromatic N) is 2. The van der Waals surface area contributed by atoms with Crippen molar-refractivity contribution < 1.29 is 19.8 Å². The third-order valence-corrected chi connectivity index (χ3v) is 7.57. The van der Waals surface area contributed by atoms with Crippen molar-refractivity contribution in [1.82, 2.24) is 9.78 Å². The molecule has 3 aromatic rings. The molecule has 182 valence electrons. The lowest BCUT2D eigenvalue weighted by Gasteiger charge is -2.44. The van der Waals surface area contributed by atoms with Crippen LogP contribution in [0, 0.1) is 0 Å². The second kappa shape index (κ2) is 9.17. The summed E-state index contributed by atoms with van der Waals surface area (Å²) >= 11 is 0. The highest BCUT2D eigenvalue weighted by molar-refractivity contribution is 5.88. The lowest BCUT2D eigenvalue weighted by Crippen LogP contribution is -2.35. The molecule has 1 atom stereocenters. The molecule has 0 saturated heterocycles. The van der Waals surface area contributed by atoms with E-state index in [2.05, 4.69) is 51.0 Å². The Kier molecular flexibility index (Phi) is 6.41. The molecule has 1 aliphatic carbocycles. The topological polar surface area (TPSA) is 92.4 Å². The minimum Gasteiger partial charge on any atom is -0.478 e. The van der Waals surface area contributed by atoms with Gasteiger partial charge in [0, 0.05) is 6.20 Å². The van der Waals surface area contributed by atoms with E-state index in [1.54, 1.807) is 35.1 Å². The Morgan fingerprint density at radius 1 is 0.971 bits per heavy atom. The number of carboxylic acid groups (broad SMARTS) is 2. The third kappa shape index (κ3) is 4.92. The zero-order chi connectivity index (χ0) is 25.4. The van der Waals surface area contributed by atoms with Crippen LogP contribution in [-0.4, -0.2) is 31.9 Å². The number of hydrogen-bond donors (Lipinski definition) is 2. The van der Waals surface area contributed by atoms with Gasteiger partial charge in [0.1, 0.15) is 0 Å². The summed E-state index contributed by atoms with van der Waals surface area (Å²) in [5.41, 5.74) is 6.30. The monoisotopic (exact) mass is 472 g/mol. The number of rotatable bonds is 7. The van der Waals surface area contributed by atoms with E-state index in [9.17, 15) is 14.7 Å². The van der Waals surface area contributed by atoms with Crippen molar-refractivity contribution in [3.63, 3.8) is 0 Å². The first-order chi connectivity index (χ1) is 16.5. The molecule has 0 spiro atoms. The fourth-order valence-electron chi connectivity index (χ4n) is 4.90. The number of carbonyl (C=O) groups is 2. The molecule has 0 bridgehead atoms. The Bertz CT molecular complexity index is 1300. The highest BCUT2D eigenvalue weighted by atomic mass is 16.4.